The Morgan fingerprint density at radius 1 is 0.960 bits per heavy atom. The zero-order valence-electron chi connectivity index (χ0n) is 14.2. The van der Waals surface area contributed by atoms with Crippen LogP contribution in [0.25, 0.3) is 10.8 Å². The zero-order chi connectivity index (χ0) is 17.8. The predicted octanol–water partition coefficient (Wildman–Crippen LogP) is 4.46. The van der Waals surface area contributed by atoms with E-state index in [2.05, 4.69) is 5.32 Å². The van der Waals surface area contributed by atoms with Crippen molar-refractivity contribution < 1.29 is 14.3 Å². The van der Waals surface area contributed by atoms with Gasteiger partial charge in [0.15, 0.2) is 0 Å². The van der Waals surface area contributed by atoms with Gasteiger partial charge in [-0.1, -0.05) is 54.6 Å². The van der Waals surface area contributed by atoms with Crippen LogP contribution in [0.4, 0.5) is 5.69 Å². The molecule has 1 N–H and O–H groups in total. The van der Waals surface area contributed by atoms with Crippen LogP contribution in [-0.2, 0) is 16.1 Å². The highest BCUT2D eigenvalue weighted by molar-refractivity contribution is 6.01. The second kappa shape index (κ2) is 7.18. The Morgan fingerprint density at radius 2 is 1.68 bits per heavy atom. The Hall–Kier alpha value is -3.14. The molecule has 0 spiro atoms. The monoisotopic (exact) mass is 333 g/mol. The molecule has 0 atom stereocenters. The molecule has 0 aliphatic carbocycles. The van der Waals surface area contributed by atoms with Crippen LogP contribution in [-0.4, -0.2) is 11.9 Å². The van der Waals surface area contributed by atoms with Crippen LogP contribution in [0.15, 0.2) is 60.7 Å². The van der Waals surface area contributed by atoms with Crippen LogP contribution in [0.1, 0.15) is 28.4 Å². The van der Waals surface area contributed by atoms with Crippen molar-refractivity contribution in [3.8, 4) is 0 Å². The Kier molecular flexibility index (Phi) is 4.80. The van der Waals surface area contributed by atoms with E-state index in [9.17, 15) is 9.59 Å². The molecule has 0 heterocycles. The summed E-state index contributed by atoms with van der Waals surface area (Å²) in [5.74, 6) is -0.683. The van der Waals surface area contributed by atoms with Gasteiger partial charge >= 0.3 is 5.97 Å². The number of hydrogen-bond donors (Lipinski definition) is 1. The maximum atomic E-state index is 12.5. The van der Waals surface area contributed by atoms with Crippen molar-refractivity contribution in [2.45, 2.75) is 20.5 Å². The Morgan fingerprint density at radius 3 is 2.48 bits per heavy atom. The molecule has 0 aromatic heterocycles. The van der Waals surface area contributed by atoms with Gasteiger partial charge in [0, 0.05) is 6.92 Å². The fourth-order valence-corrected chi connectivity index (χ4v) is 2.82. The number of aryl methyl sites for hydroxylation is 1. The maximum absolute atomic E-state index is 12.5. The molecule has 126 valence electrons. The summed E-state index contributed by atoms with van der Waals surface area (Å²) in [6.07, 6.45) is 0. The van der Waals surface area contributed by atoms with Gasteiger partial charge < -0.3 is 10.1 Å². The molecule has 4 nitrogen and oxygen atoms in total. The SMILES string of the molecule is CC(=O)Nc1c(C)cccc1C(=O)OCc1cccc2ccccc12. The third kappa shape index (κ3) is 3.69. The molecule has 3 aromatic rings. The third-order valence-corrected chi connectivity index (χ3v) is 4.03. The maximum Gasteiger partial charge on any atom is 0.340 e. The molecule has 0 fully saturated rings. The fraction of sp³-hybridized carbons (Fsp3) is 0.143. The first-order valence-electron chi connectivity index (χ1n) is 8.07. The number of carbonyl (C=O) groups excluding carboxylic acids is 2. The number of ether oxygens (including phenoxy) is 1. The summed E-state index contributed by atoms with van der Waals surface area (Å²) < 4.78 is 5.51. The highest BCUT2D eigenvalue weighted by Gasteiger charge is 2.16. The molecule has 0 saturated heterocycles. The van der Waals surface area contributed by atoms with E-state index >= 15 is 0 Å². The topological polar surface area (TPSA) is 55.4 Å². The van der Waals surface area contributed by atoms with Gasteiger partial charge in [0.2, 0.25) is 5.91 Å². The van der Waals surface area contributed by atoms with E-state index in [1.54, 1.807) is 12.1 Å². The average Bonchev–Trinajstić information content (AvgIpc) is 2.61. The van der Waals surface area contributed by atoms with Gasteiger partial charge in [-0.05, 0) is 34.9 Å². The van der Waals surface area contributed by atoms with Gasteiger partial charge in [0.25, 0.3) is 0 Å². The van der Waals surface area contributed by atoms with Crippen molar-refractivity contribution in [3.63, 3.8) is 0 Å². The number of fused-ring (bicyclic) bond motifs is 1. The van der Waals surface area contributed by atoms with E-state index in [1.165, 1.54) is 6.92 Å². The standard InChI is InChI=1S/C21H19NO3/c1-14-7-5-12-19(20(14)22-15(2)23)21(24)25-13-17-10-6-9-16-8-3-4-11-18(16)17/h3-12H,13H2,1-2H3,(H,22,23). The van der Waals surface area contributed by atoms with E-state index in [4.69, 9.17) is 4.74 Å². The highest BCUT2D eigenvalue weighted by Crippen LogP contribution is 2.23. The first kappa shape index (κ1) is 16.7. The molecule has 0 radical (unpaired) electrons. The Bertz CT molecular complexity index is 942. The van der Waals surface area contributed by atoms with Gasteiger partial charge in [-0.15, -0.1) is 0 Å². The van der Waals surface area contributed by atoms with E-state index in [0.29, 0.717) is 11.3 Å². The number of benzene rings is 3. The lowest BCUT2D eigenvalue weighted by atomic mass is 10.1. The molecule has 0 saturated carbocycles. The van der Waals surface area contributed by atoms with Crippen LogP contribution in [0, 0.1) is 6.92 Å². The molecule has 0 unspecified atom stereocenters. The minimum absolute atomic E-state index is 0.174. The zero-order valence-corrected chi connectivity index (χ0v) is 14.2. The van der Waals surface area contributed by atoms with Crippen molar-refractivity contribution in [2.75, 3.05) is 5.32 Å². The smallest absolute Gasteiger partial charge is 0.340 e. The molecule has 4 heteroatoms. The second-order valence-electron chi connectivity index (χ2n) is 5.89. The van der Waals surface area contributed by atoms with Gasteiger partial charge in [-0.3, -0.25) is 4.79 Å². The molecule has 0 aliphatic rings. The number of para-hydroxylation sites is 1. The summed E-state index contributed by atoms with van der Waals surface area (Å²) in [5.41, 5.74) is 2.61. The van der Waals surface area contributed by atoms with Crippen molar-refractivity contribution in [3.05, 3.63) is 77.4 Å². The lowest BCUT2D eigenvalue weighted by molar-refractivity contribution is -0.114. The lowest BCUT2D eigenvalue weighted by Crippen LogP contribution is -2.14. The quantitative estimate of drug-likeness (QED) is 0.717. The van der Waals surface area contributed by atoms with E-state index < -0.39 is 5.97 Å². The third-order valence-electron chi connectivity index (χ3n) is 4.03. The first-order valence-corrected chi connectivity index (χ1v) is 8.07. The molecule has 3 aromatic carbocycles. The van der Waals surface area contributed by atoms with Gasteiger partial charge in [-0.25, -0.2) is 4.79 Å². The van der Waals surface area contributed by atoms with Crippen LogP contribution < -0.4 is 5.32 Å². The summed E-state index contributed by atoms with van der Waals surface area (Å²) in [7, 11) is 0. The van der Waals surface area contributed by atoms with E-state index in [-0.39, 0.29) is 12.5 Å². The molecule has 0 bridgehead atoms. The van der Waals surface area contributed by atoms with Crippen LogP contribution >= 0.6 is 0 Å². The number of hydrogen-bond acceptors (Lipinski definition) is 3. The van der Waals surface area contributed by atoms with Crippen molar-refractivity contribution >= 4 is 28.3 Å². The molecule has 3 rings (SSSR count). The molecular formula is C21H19NO3. The molecule has 0 aliphatic heterocycles. The van der Waals surface area contributed by atoms with Crippen molar-refractivity contribution in [2.24, 2.45) is 0 Å². The Balaban J connectivity index is 1.83. The number of esters is 1. The number of carbonyl (C=O) groups is 2. The summed E-state index contributed by atoms with van der Waals surface area (Å²) in [6, 6.07) is 19.2. The van der Waals surface area contributed by atoms with Crippen molar-refractivity contribution in [1.82, 2.24) is 0 Å². The number of rotatable bonds is 4. The summed E-state index contributed by atoms with van der Waals surface area (Å²) in [6.45, 7) is 3.43. The summed E-state index contributed by atoms with van der Waals surface area (Å²) in [5, 5.41) is 4.87. The average molecular weight is 333 g/mol. The number of amides is 1. The fourth-order valence-electron chi connectivity index (χ4n) is 2.82. The van der Waals surface area contributed by atoms with Gasteiger partial charge in [0.1, 0.15) is 6.61 Å². The first-order chi connectivity index (χ1) is 12.1. The predicted molar refractivity (Wildman–Crippen MR) is 98.6 cm³/mol. The highest BCUT2D eigenvalue weighted by atomic mass is 16.5. The van der Waals surface area contributed by atoms with Crippen LogP contribution in [0.5, 0.6) is 0 Å². The summed E-state index contributed by atoms with van der Waals surface area (Å²) >= 11 is 0. The normalized spacial score (nSPS) is 10.5. The van der Waals surface area contributed by atoms with Gasteiger partial charge in [-0.2, -0.15) is 0 Å². The second-order valence-corrected chi connectivity index (χ2v) is 5.89. The van der Waals surface area contributed by atoms with E-state index in [0.717, 1.165) is 21.9 Å². The largest absolute Gasteiger partial charge is 0.457 e. The minimum atomic E-state index is -0.458. The lowest BCUT2D eigenvalue weighted by Gasteiger charge is -2.13. The van der Waals surface area contributed by atoms with Crippen LogP contribution in [0.2, 0.25) is 0 Å². The van der Waals surface area contributed by atoms with E-state index in [1.807, 2.05) is 55.5 Å². The molecule has 25 heavy (non-hydrogen) atoms. The van der Waals surface area contributed by atoms with Crippen molar-refractivity contribution in [1.29, 1.82) is 0 Å². The minimum Gasteiger partial charge on any atom is -0.457 e. The van der Waals surface area contributed by atoms with Crippen LogP contribution in [0.3, 0.4) is 0 Å². The number of nitrogens with one attached hydrogen (secondary N) is 1. The summed E-state index contributed by atoms with van der Waals surface area (Å²) in [4.78, 5) is 23.9. The molecular weight excluding hydrogens is 314 g/mol. The number of anilines is 1. The Labute approximate surface area is 146 Å². The van der Waals surface area contributed by atoms with Gasteiger partial charge in [0.05, 0.1) is 11.3 Å². The molecule has 1 amide bonds.